The van der Waals surface area contributed by atoms with E-state index in [9.17, 15) is 9.59 Å². The molecule has 2 aromatic carbocycles. The molecular formula is C27H28N4O5S. The largest absolute Gasteiger partial charge is 0.497 e. The number of primary amides is 1. The molecule has 1 unspecified atom stereocenters. The van der Waals surface area contributed by atoms with E-state index in [-0.39, 0.29) is 30.7 Å². The first-order valence-electron chi connectivity index (χ1n) is 12.3. The Morgan fingerprint density at radius 1 is 1.22 bits per heavy atom. The number of rotatable bonds is 8. The van der Waals surface area contributed by atoms with Gasteiger partial charge in [0.15, 0.2) is 16.6 Å². The zero-order chi connectivity index (χ0) is 25.6. The zero-order valence-corrected chi connectivity index (χ0v) is 21.3. The minimum absolute atomic E-state index is 0.0821. The Kier molecular flexibility index (Phi) is 6.00. The van der Waals surface area contributed by atoms with Gasteiger partial charge in [-0.25, -0.2) is 4.98 Å². The number of methoxy groups -OCH3 is 1. The molecule has 0 spiro atoms. The lowest BCUT2D eigenvalue weighted by Crippen LogP contribution is -2.42. The number of carbonyl (C=O) groups is 2. The molecule has 1 saturated heterocycles. The van der Waals surface area contributed by atoms with Gasteiger partial charge >= 0.3 is 0 Å². The standard InChI is InChI=1S/C27H28N4O5S/c1-34-18-5-2-4-16(12-18)23(31-11-3-6-19(31)24(28)32)22-14-29-26(37-22)30-25(33)27(9-10-27)17-7-8-20-21(13-17)36-15-35-20/h2,4-5,7-8,12-14,19,23H,3,6,9-11,15H2,1H3,(H2,28,32)(H,29,30,33)/t19-,23?/m1/s1. The Morgan fingerprint density at radius 3 is 2.84 bits per heavy atom. The van der Waals surface area contributed by atoms with Crippen molar-refractivity contribution < 1.29 is 23.8 Å². The van der Waals surface area contributed by atoms with Crippen molar-refractivity contribution in [3.8, 4) is 17.2 Å². The Labute approximate surface area is 218 Å². The average molecular weight is 521 g/mol. The summed E-state index contributed by atoms with van der Waals surface area (Å²) < 4.78 is 16.4. The molecule has 0 radical (unpaired) electrons. The van der Waals surface area contributed by atoms with Crippen molar-refractivity contribution in [1.29, 1.82) is 0 Å². The Balaban J connectivity index is 1.27. The van der Waals surface area contributed by atoms with Crippen LogP contribution in [0.25, 0.3) is 0 Å². The van der Waals surface area contributed by atoms with Gasteiger partial charge in [0, 0.05) is 11.1 Å². The van der Waals surface area contributed by atoms with Crippen LogP contribution in [-0.2, 0) is 15.0 Å². The number of hydrogen-bond donors (Lipinski definition) is 2. The fourth-order valence-corrected chi connectivity index (χ4v) is 6.35. The van der Waals surface area contributed by atoms with Crippen molar-refractivity contribution in [2.45, 2.75) is 43.2 Å². The molecule has 1 saturated carbocycles. The highest BCUT2D eigenvalue weighted by Gasteiger charge is 2.52. The molecule has 1 aliphatic carbocycles. The summed E-state index contributed by atoms with van der Waals surface area (Å²) in [5, 5.41) is 3.57. The van der Waals surface area contributed by atoms with Crippen molar-refractivity contribution in [2.75, 3.05) is 25.8 Å². The van der Waals surface area contributed by atoms with Crippen molar-refractivity contribution in [3.05, 3.63) is 64.7 Å². The second-order valence-electron chi connectivity index (χ2n) is 9.65. The third-order valence-electron chi connectivity index (χ3n) is 7.49. The van der Waals surface area contributed by atoms with E-state index in [0.717, 1.165) is 54.0 Å². The number of nitrogens with two attached hydrogens (primary N) is 1. The summed E-state index contributed by atoms with van der Waals surface area (Å²) in [5.41, 5.74) is 7.07. The van der Waals surface area contributed by atoms with Gasteiger partial charge in [-0.15, -0.1) is 0 Å². The van der Waals surface area contributed by atoms with E-state index in [1.807, 2.05) is 42.5 Å². The van der Waals surface area contributed by atoms with Gasteiger partial charge in [-0.1, -0.05) is 29.5 Å². The fourth-order valence-electron chi connectivity index (χ4n) is 5.39. The number of hydrogen-bond acceptors (Lipinski definition) is 8. The van der Waals surface area contributed by atoms with Crippen LogP contribution in [0, 0.1) is 0 Å². The van der Waals surface area contributed by atoms with Crippen LogP contribution in [0.1, 0.15) is 47.7 Å². The molecule has 1 aromatic heterocycles. The SMILES string of the molecule is COc1cccc(C(c2cnc(NC(=O)C3(c4ccc5c(c4)OCO5)CC3)s2)N2CCC[C@@H]2C(N)=O)c1. The smallest absolute Gasteiger partial charge is 0.236 e. The van der Waals surface area contributed by atoms with Crippen LogP contribution in [0.5, 0.6) is 17.2 Å². The number of carbonyl (C=O) groups excluding carboxylic acids is 2. The number of thiazole rings is 1. The molecule has 2 aliphatic heterocycles. The zero-order valence-electron chi connectivity index (χ0n) is 20.4. The molecule has 192 valence electrons. The average Bonchev–Trinajstić information content (AvgIpc) is 3.24. The van der Waals surface area contributed by atoms with E-state index in [1.165, 1.54) is 11.3 Å². The van der Waals surface area contributed by atoms with Crippen LogP contribution in [-0.4, -0.2) is 48.2 Å². The molecule has 6 rings (SSSR count). The second-order valence-corrected chi connectivity index (χ2v) is 10.7. The molecule has 9 nitrogen and oxygen atoms in total. The monoisotopic (exact) mass is 520 g/mol. The quantitative estimate of drug-likeness (QED) is 0.466. The van der Waals surface area contributed by atoms with Crippen LogP contribution >= 0.6 is 11.3 Å². The lowest BCUT2D eigenvalue weighted by atomic mass is 9.94. The fraction of sp³-hybridized carbons (Fsp3) is 0.370. The summed E-state index contributed by atoms with van der Waals surface area (Å²) in [6, 6.07) is 12.9. The van der Waals surface area contributed by atoms with Gasteiger partial charge in [0.05, 0.1) is 24.6 Å². The van der Waals surface area contributed by atoms with Crippen LogP contribution in [0.2, 0.25) is 0 Å². The minimum atomic E-state index is -0.592. The highest BCUT2D eigenvalue weighted by Crippen LogP contribution is 2.51. The lowest BCUT2D eigenvalue weighted by Gasteiger charge is -2.31. The molecule has 3 N–H and O–H groups in total. The topological polar surface area (TPSA) is 116 Å². The first kappa shape index (κ1) is 23.7. The molecule has 2 atom stereocenters. The summed E-state index contributed by atoms with van der Waals surface area (Å²) in [6.45, 7) is 0.935. The summed E-state index contributed by atoms with van der Waals surface area (Å²) >= 11 is 1.42. The summed E-state index contributed by atoms with van der Waals surface area (Å²) in [4.78, 5) is 33.3. The number of likely N-dealkylation sites (tertiary alicyclic amines) is 1. The van der Waals surface area contributed by atoms with E-state index < -0.39 is 5.41 Å². The van der Waals surface area contributed by atoms with Gasteiger partial charge in [-0.05, 0) is 67.6 Å². The number of ether oxygens (including phenoxy) is 3. The third-order valence-corrected chi connectivity index (χ3v) is 8.45. The van der Waals surface area contributed by atoms with Crippen molar-refractivity contribution in [1.82, 2.24) is 9.88 Å². The first-order valence-corrected chi connectivity index (χ1v) is 13.2. The van der Waals surface area contributed by atoms with Gasteiger partial charge in [0.2, 0.25) is 18.6 Å². The molecule has 3 aromatic rings. The first-order chi connectivity index (χ1) is 18.0. The van der Waals surface area contributed by atoms with E-state index in [0.29, 0.717) is 16.6 Å². The molecule has 10 heteroatoms. The normalized spacial score (nSPS) is 20.4. The van der Waals surface area contributed by atoms with Gasteiger partial charge in [0.25, 0.3) is 0 Å². The highest BCUT2D eigenvalue weighted by molar-refractivity contribution is 7.15. The molecule has 2 fully saturated rings. The number of benzene rings is 2. The van der Waals surface area contributed by atoms with Crippen LogP contribution in [0.3, 0.4) is 0 Å². The Morgan fingerprint density at radius 2 is 2.05 bits per heavy atom. The van der Waals surface area contributed by atoms with Gasteiger partial charge in [-0.3, -0.25) is 14.5 Å². The molecule has 3 heterocycles. The van der Waals surface area contributed by atoms with Gasteiger partial charge in [0.1, 0.15) is 5.75 Å². The van der Waals surface area contributed by atoms with Crippen LogP contribution in [0.15, 0.2) is 48.7 Å². The van der Waals surface area contributed by atoms with E-state index in [1.54, 1.807) is 13.3 Å². The molecule has 37 heavy (non-hydrogen) atoms. The number of nitrogens with one attached hydrogen (secondary N) is 1. The summed E-state index contributed by atoms with van der Waals surface area (Å²) in [7, 11) is 1.63. The second kappa shape index (κ2) is 9.35. The predicted molar refractivity (Wildman–Crippen MR) is 138 cm³/mol. The maximum Gasteiger partial charge on any atom is 0.236 e. The molecule has 2 amide bonds. The summed E-state index contributed by atoms with van der Waals surface area (Å²) in [6.07, 6.45) is 4.90. The molecular weight excluding hydrogens is 492 g/mol. The molecule has 3 aliphatic rings. The Hall–Kier alpha value is -3.63. The lowest BCUT2D eigenvalue weighted by molar-refractivity contribution is -0.122. The maximum atomic E-state index is 13.4. The van der Waals surface area contributed by atoms with E-state index in [4.69, 9.17) is 19.9 Å². The van der Waals surface area contributed by atoms with Crippen molar-refractivity contribution in [2.24, 2.45) is 5.73 Å². The number of nitrogens with zero attached hydrogens (tertiary/aromatic N) is 2. The van der Waals surface area contributed by atoms with E-state index >= 15 is 0 Å². The highest BCUT2D eigenvalue weighted by atomic mass is 32.1. The number of fused-ring (bicyclic) bond motifs is 1. The minimum Gasteiger partial charge on any atom is -0.497 e. The maximum absolute atomic E-state index is 13.4. The number of amides is 2. The van der Waals surface area contributed by atoms with Gasteiger partial charge in [-0.2, -0.15) is 0 Å². The molecule has 0 bridgehead atoms. The Bertz CT molecular complexity index is 1350. The van der Waals surface area contributed by atoms with Crippen molar-refractivity contribution in [3.63, 3.8) is 0 Å². The van der Waals surface area contributed by atoms with Crippen LogP contribution < -0.4 is 25.3 Å². The van der Waals surface area contributed by atoms with Gasteiger partial charge < -0.3 is 25.3 Å². The number of anilines is 1. The van der Waals surface area contributed by atoms with Crippen LogP contribution in [0.4, 0.5) is 5.13 Å². The van der Waals surface area contributed by atoms with E-state index in [2.05, 4.69) is 15.2 Å². The third kappa shape index (κ3) is 4.30. The summed E-state index contributed by atoms with van der Waals surface area (Å²) in [5.74, 6) is 1.69. The van der Waals surface area contributed by atoms with Crippen molar-refractivity contribution >= 4 is 28.3 Å². The predicted octanol–water partition coefficient (Wildman–Crippen LogP) is 3.59. The number of aromatic nitrogens is 1.